The molecule has 1 N–H and O–H groups in total. The molecule has 1 atom stereocenters. The van der Waals surface area contributed by atoms with Crippen molar-refractivity contribution in [1.82, 2.24) is 10.2 Å². The first-order valence-corrected chi connectivity index (χ1v) is 11.6. The van der Waals surface area contributed by atoms with Crippen LogP contribution in [0.2, 0.25) is 5.02 Å². The highest BCUT2D eigenvalue weighted by Gasteiger charge is 2.36. The minimum absolute atomic E-state index is 0.104. The zero-order valence-corrected chi connectivity index (χ0v) is 20.1. The maximum atomic E-state index is 13.3. The van der Waals surface area contributed by atoms with Gasteiger partial charge in [0.15, 0.2) is 0 Å². The number of rotatable bonds is 7. The number of nitrogens with zero attached hydrogens (tertiary/aromatic N) is 2. The summed E-state index contributed by atoms with van der Waals surface area (Å²) in [6.45, 7) is 0.928. The van der Waals surface area contributed by atoms with Crippen molar-refractivity contribution in [3.05, 3.63) is 101 Å². The number of anilines is 1. The molecule has 1 heterocycles. The van der Waals surface area contributed by atoms with Gasteiger partial charge in [0.2, 0.25) is 11.8 Å². The van der Waals surface area contributed by atoms with Crippen molar-refractivity contribution in [2.75, 3.05) is 25.0 Å². The number of amides is 2. The quantitative estimate of drug-likeness (QED) is 0.510. The number of benzene rings is 3. The summed E-state index contributed by atoms with van der Waals surface area (Å²) < 4.78 is 5.38. The van der Waals surface area contributed by atoms with E-state index in [1.807, 2.05) is 24.3 Å². The lowest BCUT2D eigenvalue weighted by Crippen LogP contribution is -2.60. The molecule has 0 saturated carbocycles. The molecule has 7 nitrogen and oxygen atoms in total. The molecule has 0 spiro atoms. The van der Waals surface area contributed by atoms with Crippen LogP contribution in [0.3, 0.4) is 0 Å². The summed E-state index contributed by atoms with van der Waals surface area (Å²) in [7, 11) is 1.70. The molecule has 1 fully saturated rings. The van der Waals surface area contributed by atoms with E-state index < -0.39 is 12.0 Å². The Balaban J connectivity index is 1.44. The number of carbonyl (C=O) groups excluding carboxylic acids is 3. The fourth-order valence-electron chi connectivity index (χ4n) is 3.96. The fourth-order valence-corrected chi connectivity index (χ4v) is 4.16. The number of likely N-dealkylation sites (N-methyl/N-ethyl adjacent to an activating group) is 1. The molecule has 1 saturated heterocycles. The maximum Gasteiger partial charge on any atom is 0.338 e. The Kier molecular flexibility index (Phi) is 7.80. The van der Waals surface area contributed by atoms with E-state index in [1.165, 1.54) is 4.90 Å². The van der Waals surface area contributed by atoms with Crippen LogP contribution < -0.4 is 10.2 Å². The summed E-state index contributed by atoms with van der Waals surface area (Å²) in [4.78, 5) is 41.4. The van der Waals surface area contributed by atoms with E-state index in [2.05, 4.69) is 5.32 Å². The summed E-state index contributed by atoms with van der Waals surface area (Å²) >= 11 is 6.26. The Morgan fingerprint density at radius 1 is 1.03 bits per heavy atom. The van der Waals surface area contributed by atoms with E-state index in [4.69, 9.17) is 16.3 Å². The first kappa shape index (κ1) is 24.4. The van der Waals surface area contributed by atoms with Crippen molar-refractivity contribution in [1.29, 1.82) is 0 Å². The second-order valence-electron chi connectivity index (χ2n) is 8.30. The number of hydrogen-bond donors (Lipinski definition) is 1. The molecule has 3 aromatic rings. The van der Waals surface area contributed by atoms with Crippen LogP contribution in [0.1, 0.15) is 21.5 Å². The van der Waals surface area contributed by atoms with Gasteiger partial charge in [0, 0.05) is 30.8 Å². The van der Waals surface area contributed by atoms with E-state index in [1.54, 1.807) is 66.5 Å². The molecule has 0 aliphatic carbocycles. The summed E-state index contributed by atoms with van der Waals surface area (Å²) in [6, 6.07) is 22.6. The molecule has 180 valence electrons. The predicted octanol–water partition coefficient (Wildman–Crippen LogP) is 3.66. The van der Waals surface area contributed by atoms with Crippen molar-refractivity contribution in [3.8, 4) is 0 Å². The highest BCUT2D eigenvalue weighted by atomic mass is 35.5. The van der Waals surface area contributed by atoms with Gasteiger partial charge in [-0.15, -0.1) is 0 Å². The van der Waals surface area contributed by atoms with E-state index in [0.29, 0.717) is 29.4 Å². The van der Waals surface area contributed by atoms with Crippen LogP contribution in [0, 0.1) is 0 Å². The van der Waals surface area contributed by atoms with Crippen molar-refractivity contribution in [2.24, 2.45) is 0 Å². The Bertz CT molecular complexity index is 1200. The largest absolute Gasteiger partial charge is 0.457 e. The van der Waals surface area contributed by atoms with Crippen LogP contribution in [-0.2, 0) is 27.5 Å². The fraction of sp³-hybridized carbons (Fsp3) is 0.222. The molecule has 3 aromatic carbocycles. The molecule has 8 heteroatoms. The number of piperazine rings is 1. The van der Waals surface area contributed by atoms with Crippen LogP contribution in [0.4, 0.5) is 5.69 Å². The number of hydrogen-bond acceptors (Lipinski definition) is 5. The third-order valence-electron chi connectivity index (χ3n) is 5.81. The zero-order valence-electron chi connectivity index (χ0n) is 19.3. The van der Waals surface area contributed by atoms with E-state index in [-0.39, 0.29) is 25.0 Å². The van der Waals surface area contributed by atoms with Crippen LogP contribution in [0.15, 0.2) is 78.9 Å². The van der Waals surface area contributed by atoms with Crippen LogP contribution in [-0.4, -0.2) is 48.9 Å². The van der Waals surface area contributed by atoms with Gasteiger partial charge in [-0.3, -0.25) is 14.5 Å². The molecule has 4 rings (SSSR count). The van der Waals surface area contributed by atoms with E-state index >= 15 is 0 Å². The predicted molar refractivity (Wildman–Crippen MR) is 134 cm³/mol. The molecule has 1 aliphatic rings. The van der Waals surface area contributed by atoms with Gasteiger partial charge in [0.05, 0.1) is 12.1 Å². The average Bonchev–Trinajstić information content (AvgIpc) is 2.89. The summed E-state index contributed by atoms with van der Waals surface area (Å²) in [5.41, 5.74) is 2.71. The lowest BCUT2D eigenvalue weighted by molar-refractivity contribution is -0.134. The smallest absolute Gasteiger partial charge is 0.338 e. The standard InChI is InChI=1S/C27H26ClN3O4/c1-30(17-21-9-5-6-10-23(21)28)26(33)24-15-29-16-25(32)31(24)22-13-11-19(12-14-22)18-35-27(34)20-7-3-2-4-8-20/h2-14,24,29H,15-18H2,1H3/t24-/m1/s1. The Morgan fingerprint density at radius 3 is 2.43 bits per heavy atom. The monoisotopic (exact) mass is 491 g/mol. The summed E-state index contributed by atoms with van der Waals surface area (Å²) in [6.07, 6.45) is 0. The molecule has 0 unspecified atom stereocenters. The van der Waals surface area contributed by atoms with Crippen LogP contribution >= 0.6 is 11.6 Å². The van der Waals surface area contributed by atoms with Gasteiger partial charge in [-0.05, 0) is 41.5 Å². The SMILES string of the molecule is CN(Cc1ccccc1Cl)C(=O)[C@H]1CNCC(=O)N1c1ccc(COC(=O)c2ccccc2)cc1. The van der Waals surface area contributed by atoms with Crippen molar-refractivity contribution in [3.63, 3.8) is 0 Å². The van der Waals surface area contributed by atoms with Gasteiger partial charge in [-0.1, -0.05) is 60.1 Å². The van der Waals surface area contributed by atoms with Gasteiger partial charge in [-0.2, -0.15) is 0 Å². The second-order valence-corrected chi connectivity index (χ2v) is 8.71. The molecule has 2 amide bonds. The van der Waals surface area contributed by atoms with E-state index in [0.717, 1.165) is 11.1 Å². The molecule has 35 heavy (non-hydrogen) atoms. The van der Waals surface area contributed by atoms with Crippen LogP contribution in [0.5, 0.6) is 0 Å². The lowest BCUT2D eigenvalue weighted by atomic mass is 10.1. The molecule has 0 aromatic heterocycles. The van der Waals surface area contributed by atoms with Gasteiger partial charge in [0.1, 0.15) is 12.6 Å². The minimum atomic E-state index is -0.689. The highest BCUT2D eigenvalue weighted by molar-refractivity contribution is 6.31. The molecular weight excluding hydrogens is 466 g/mol. The van der Waals surface area contributed by atoms with Gasteiger partial charge < -0.3 is 15.0 Å². The summed E-state index contributed by atoms with van der Waals surface area (Å²) in [5, 5.41) is 3.62. The number of ether oxygens (including phenoxy) is 1. The van der Waals surface area contributed by atoms with Crippen molar-refractivity contribution < 1.29 is 19.1 Å². The zero-order chi connectivity index (χ0) is 24.8. The second kappa shape index (κ2) is 11.2. The normalized spacial score (nSPS) is 15.5. The molecule has 0 radical (unpaired) electrons. The molecule has 0 bridgehead atoms. The lowest BCUT2D eigenvalue weighted by Gasteiger charge is -2.37. The third-order valence-corrected chi connectivity index (χ3v) is 6.18. The van der Waals surface area contributed by atoms with Crippen LogP contribution in [0.25, 0.3) is 0 Å². The Morgan fingerprint density at radius 2 is 1.71 bits per heavy atom. The third kappa shape index (κ3) is 5.88. The Labute approximate surface area is 209 Å². The van der Waals surface area contributed by atoms with Gasteiger partial charge in [0.25, 0.3) is 0 Å². The number of nitrogens with one attached hydrogen (secondary N) is 1. The molecule has 1 aliphatic heterocycles. The van der Waals surface area contributed by atoms with E-state index in [9.17, 15) is 14.4 Å². The maximum absolute atomic E-state index is 13.3. The number of esters is 1. The minimum Gasteiger partial charge on any atom is -0.457 e. The van der Waals surface area contributed by atoms with Gasteiger partial charge >= 0.3 is 5.97 Å². The summed E-state index contributed by atoms with van der Waals surface area (Å²) in [5.74, 6) is -0.783. The van der Waals surface area contributed by atoms with Crippen molar-refractivity contribution in [2.45, 2.75) is 19.2 Å². The Hall–Kier alpha value is -3.68. The van der Waals surface area contributed by atoms with Crippen molar-refractivity contribution >= 4 is 35.1 Å². The van der Waals surface area contributed by atoms with Gasteiger partial charge in [-0.25, -0.2) is 4.79 Å². The highest BCUT2D eigenvalue weighted by Crippen LogP contribution is 2.23. The first-order chi connectivity index (χ1) is 16.9. The molecular formula is C27H26ClN3O4. The first-order valence-electron chi connectivity index (χ1n) is 11.3. The topological polar surface area (TPSA) is 79.0 Å². The average molecular weight is 492 g/mol. The number of halogens is 1. The number of carbonyl (C=O) groups is 3.